The number of nitrogens with one attached hydrogen (secondary N) is 1. The Morgan fingerprint density at radius 2 is 1.94 bits per heavy atom. The Morgan fingerprint density at radius 3 is 2.65 bits per heavy atom. The molecule has 1 aromatic heterocycles. The lowest BCUT2D eigenvalue weighted by Crippen LogP contribution is -2.12. The van der Waals surface area contributed by atoms with E-state index in [1.807, 2.05) is 30.3 Å². The number of nitrogens with two attached hydrogens (primary N) is 1. The number of rotatable bonds is 5. The molecule has 0 atom stereocenters. The van der Waals surface area contributed by atoms with Crippen LogP contribution in [-0.2, 0) is 0 Å². The van der Waals surface area contributed by atoms with Gasteiger partial charge in [0.05, 0.1) is 18.9 Å². The minimum absolute atomic E-state index is 0.413. The van der Waals surface area contributed by atoms with Crippen LogP contribution in [0.2, 0.25) is 0 Å². The van der Waals surface area contributed by atoms with Gasteiger partial charge in [-0.05, 0) is 12.1 Å². The van der Waals surface area contributed by atoms with Gasteiger partial charge in [-0.3, -0.25) is 0 Å². The normalized spacial score (nSPS) is 9.88. The number of hydrogen-bond acceptors (Lipinski definition) is 5. The predicted octanol–water partition coefficient (Wildman–Crippen LogP) is 1.55. The van der Waals surface area contributed by atoms with E-state index in [0.717, 1.165) is 5.75 Å². The second-order valence-electron chi connectivity index (χ2n) is 3.41. The zero-order valence-electron chi connectivity index (χ0n) is 9.34. The van der Waals surface area contributed by atoms with Crippen LogP contribution >= 0.6 is 0 Å². The first-order valence-electron chi connectivity index (χ1n) is 5.34. The quantitative estimate of drug-likeness (QED) is 0.762. The number of ether oxygens (including phenoxy) is 1. The van der Waals surface area contributed by atoms with E-state index in [1.165, 1.54) is 6.20 Å². The first kappa shape index (κ1) is 11.2. The molecule has 0 spiro atoms. The summed E-state index contributed by atoms with van der Waals surface area (Å²) in [6, 6.07) is 9.67. The van der Waals surface area contributed by atoms with E-state index in [2.05, 4.69) is 15.3 Å². The summed E-state index contributed by atoms with van der Waals surface area (Å²) in [6.45, 7) is 1.23. The average molecular weight is 230 g/mol. The van der Waals surface area contributed by atoms with Crippen molar-refractivity contribution in [2.45, 2.75) is 0 Å². The van der Waals surface area contributed by atoms with Crippen LogP contribution in [-0.4, -0.2) is 23.1 Å². The predicted molar refractivity (Wildman–Crippen MR) is 66.9 cm³/mol. The van der Waals surface area contributed by atoms with Gasteiger partial charge in [0.1, 0.15) is 24.0 Å². The highest BCUT2D eigenvalue weighted by Gasteiger charge is 1.94. The average Bonchev–Trinajstić information content (AvgIpc) is 2.38. The Labute approximate surface area is 99.7 Å². The van der Waals surface area contributed by atoms with Crippen LogP contribution in [0.1, 0.15) is 0 Å². The number of para-hydroxylation sites is 1. The van der Waals surface area contributed by atoms with Crippen molar-refractivity contribution in [2.24, 2.45) is 0 Å². The van der Waals surface area contributed by atoms with Gasteiger partial charge >= 0.3 is 0 Å². The summed E-state index contributed by atoms with van der Waals surface area (Å²) in [5.41, 5.74) is 5.43. The molecule has 0 aliphatic heterocycles. The van der Waals surface area contributed by atoms with E-state index in [-0.39, 0.29) is 0 Å². The van der Waals surface area contributed by atoms with Gasteiger partial charge < -0.3 is 15.8 Å². The van der Waals surface area contributed by atoms with Crippen LogP contribution in [0.4, 0.5) is 11.6 Å². The molecule has 0 radical (unpaired) electrons. The largest absolute Gasteiger partial charge is 0.492 e. The SMILES string of the molecule is Nc1cnc(NCCOc2ccccc2)cn1. The van der Waals surface area contributed by atoms with Crippen LogP contribution in [0, 0.1) is 0 Å². The van der Waals surface area contributed by atoms with Gasteiger partial charge in [-0.15, -0.1) is 0 Å². The molecule has 1 aromatic carbocycles. The molecule has 0 aliphatic rings. The summed E-state index contributed by atoms with van der Waals surface area (Å²) in [4.78, 5) is 8.00. The van der Waals surface area contributed by atoms with E-state index in [0.29, 0.717) is 24.8 Å². The first-order valence-corrected chi connectivity index (χ1v) is 5.34. The van der Waals surface area contributed by atoms with Crippen LogP contribution in [0.3, 0.4) is 0 Å². The number of anilines is 2. The molecule has 3 N–H and O–H groups in total. The fourth-order valence-corrected chi connectivity index (χ4v) is 1.29. The van der Waals surface area contributed by atoms with Crippen molar-refractivity contribution < 1.29 is 4.74 Å². The highest BCUT2D eigenvalue weighted by molar-refractivity contribution is 5.35. The highest BCUT2D eigenvalue weighted by atomic mass is 16.5. The van der Waals surface area contributed by atoms with Gasteiger partial charge in [0, 0.05) is 0 Å². The number of nitrogens with zero attached hydrogens (tertiary/aromatic N) is 2. The van der Waals surface area contributed by atoms with E-state index < -0.39 is 0 Å². The van der Waals surface area contributed by atoms with Crippen LogP contribution in [0.5, 0.6) is 5.75 Å². The van der Waals surface area contributed by atoms with E-state index in [9.17, 15) is 0 Å². The maximum absolute atomic E-state index is 5.52. The van der Waals surface area contributed by atoms with E-state index in [1.54, 1.807) is 6.20 Å². The summed E-state index contributed by atoms with van der Waals surface area (Å²) < 4.78 is 5.52. The molecule has 0 saturated carbocycles. The lowest BCUT2D eigenvalue weighted by atomic mass is 10.3. The first-order chi connectivity index (χ1) is 8.34. The maximum Gasteiger partial charge on any atom is 0.144 e. The minimum Gasteiger partial charge on any atom is -0.492 e. The van der Waals surface area contributed by atoms with Crippen molar-refractivity contribution in [3.05, 3.63) is 42.7 Å². The third-order valence-corrected chi connectivity index (χ3v) is 2.09. The number of benzene rings is 1. The van der Waals surface area contributed by atoms with Gasteiger partial charge in [-0.2, -0.15) is 0 Å². The highest BCUT2D eigenvalue weighted by Crippen LogP contribution is 2.07. The molecular weight excluding hydrogens is 216 g/mol. The molecule has 88 valence electrons. The second kappa shape index (κ2) is 5.69. The van der Waals surface area contributed by atoms with Crippen LogP contribution in [0.25, 0.3) is 0 Å². The minimum atomic E-state index is 0.413. The molecule has 0 aliphatic carbocycles. The summed E-state index contributed by atoms with van der Waals surface area (Å²) in [5.74, 6) is 1.96. The fraction of sp³-hybridized carbons (Fsp3) is 0.167. The summed E-state index contributed by atoms with van der Waals surface area (Å²) in [5, 5.41) is 3.09. The number of hydrogen-bond donors (Lipinski definition) is 2. The third-order valence-electron chi connectivity index (χ3n) is 2.09. The molecule has 0 saturated heterocycles. The zero-order chi connectivity index (χ0) is 11.9. The Hall–Kier alpha value is -2.30. The number of nitrogen functional groups attached to an aromatic ring is 1. The topological polar surface area (TPSA) is 73.1 Å². The smallest absolute Gasteiger partial charge is 0.144 e. The monoisotopic (exact) mass is 230 g/mol. The molecule has 5 heteroatoms. The number of aromatic nitrogens is 2. The molecule has 2 rings (SSSR count). The van der Waals surface area contributed by atoms with E-state index in [4.69, 9.17) is 10.5 Å². The van der Waals surface area contributed by atoms with Gasteiger partial charge in [0.15, 0.2) is 0 Å². The molecule has 5 nitrogen and oxygen atoms in total. The Kier molecular flexibility index (Phi) is 3.75. The lowest BCUT2D eigenvalue weighted by molar-refractivity contribution is 0.333. The fourth-order valence-electron chi connectivity index (χ4n) is 1.29. The Morgan fingerprint density at radius 1 is 1.12 bits per heavy atom. The molecule has 0 fully saturated rings. The lowest BCUT2D eigenvalue weighted by Gasteiger charge is -2.07. The molecule has 2 aromatic rings. The summed E-state index contributed by atoms with van der Waals surface area (Å²) in [7, 11) is 0. The molecule has 0 amide bonds. The Bertz CT molecular complexity index is 444. The second-order valence-corrected chi connectivity index (χ2v) is 3.41. The van der Waals surface area contributed by atoms with Crippen molar-refractivity contribution in [3.63, 3.8) is 0 Å². The summed E-state index contributed by atoms with van der Waals surface area (Å²) in [6.07, 6.45) is 3.11. The standard InChI is InChI=1S/C12H14N4O/c13-11-8-16-12(9-15-11)14-6-7-17-10-4-2-1-3-5-10/h1-5,8-9H,6-7H2,(H2,13,15)(H,14,16). The molecule has 0 bridgehead atoms. The molecule has 1 heterocycles. The molecular formula is C12H14N4O. The van der Waals surface area contributed by atoms with Crippen molar-refractivity contribution in [1.82, 2.24) is 9.97 Å². The summed E-state index contributed by atoms with van der Waals surface area (Å²) >= 11 is 0. The van der Waals surface area contributed by atoms with Gasteiger partial charge in [0.25, 0.3) is 0 Å². The van der Waals surface area contributed by atoms with Crippen molar-refractivity contribution >= 4 is 11.6 Å². The van der Waals surface area contributed by atoms with Crippen molar-refractivity contribution in [1.29, 1.82) is 0 Å². The zero-order valence-corrected chi connectivity index (χ0v) is 9.34. The van der Waals surface area contributed by atoms with Gasteiger partial charge in [0.2, 0.25) is 0 Å². The third kappa shape index (κ3) is 3.64. The molecule has 17 heavy (non-hydrogen) atoms. The van der Waals surface area contributed by atoms with Crippen molar-refractivity contribution in [2.75, 3.05) is 24.2 Å². The van der Waals surface area contributed by atoms with E-state index >= 15 is 0 Å². The van der Waals surface area contributed by atoms with Crippen LogP contribution in [0.15, 0.2) is 42.7 Å². The Balaban J connectivity index is 1.71. The molecule has 0 unspecified atom stereocenters. The maximum atomic E-state index is 5.52. The van der Waals surface area contributed by atoms with Crippen LogP contribution < -0.4 is 15.8 Å². The van der Waals surface area contributed by atoms with Crippen molar-refractivity contribution in [3.8, 4) is 5.75 Å². The van der Waals surface area contributed by atoms with Gasteiger partial charge in [-0.25, -0.2) is 9.97 Å². The van der Waals surface area contributed by atoms with Gasteiger partial charge in [-0.1, -0.05) is 18.2 Å².